The summed E-state index contributed by atoms with van der Waals surface area (Å²) in [6, 6.07) is 18.7. The van der Waals surface area contributed by atoms with Crippen LogP contribution in [0.4, 0.5) is 0 Å². The van der Waals surface area contributed by atoms with Gasteiger partial charge in [0.15, 0.2) is 5.96 Å². The number of aryl methyl sites for hydroxylation is 1. The molecule has 0 radical (unpaired) electrons. The van der Waals surface area contributed by atoms with Gasteiger partial charge in [-0.3, -0.25) is 4.99 Å². The number of aromatic amines is 1. The van der Waals surface area contributed by atoms with Crippen LogP contribution in [0.1, 0.15) is 17.8 Å². The lowest BCUT2D eigenvalue weighted by Gasteiger charge is -2.11. The van der Waals surface area contributed by atoms with Crippen molar-refractivity contribution in [1.82, 2.24) is 20.6 Å². The number of fused-ring (bicyclic) bond motifs is 1. The zero-order chi connectivity index (χ0) is 17.3. The van der Waals surface area contributed by atoms with Crippen LogP contribution in [0.2, 0.25) is 0 Å². The van der Waals surface area contributed by atoms with Crippen LogP contribution in [0.15, 0.2) is 59.6 Å². The molecule has 0 aliphatic heterocycles. The maximum absolute atomic E-state index is 4.59. The second-order valence-corrected chi connectivity index (χ2v) is 5.97. The van der Waals surface area contributed by atoms with Crippen molar-refractivity contribution in [2.75, 3.05) is 20.1 Å². The van der Waals surface area contributed by atoms with Gasteiger partial charge in [-0.1, -0.05) is 42.5 Å². The molecule has 5 nitrogen and oxygen atoms in total. The number of para-hydroxylation sites is 2. The number of guanidine groups is 1. The van der Waals surface area contributed by atoms with E-state index in [0.717, 1.165) is 55.2 Å². The molecule has 0 atom stereocenters. The summed E-state index contributed by atoms with van der Waals surface area (Å²) in [6.07, 6.45) is 2.98. The van der Waals surface area contributed by atoms with Crippen molar-refractivity contribution >= 4 is 17.0 Å². The molecule has 0 unspecified atom stereocenters. The maximum atomic E-state index is 4.59. The second-order valence-electron chi connectivity index (χ2n) is 5.97. The molecule has 130 valence electrons. The average molecular weight is 335 g/mol. The van der Waals surface area contributed by atoms with Gasteiger partial charge in [-0.25, -0.2) is 4.98 Å². The van der Waals surface area contributed by atoms with Crippen LogP contribution in [0.25, 0.3) is 11.0 Å². The highest BCUT2D eigenvalue weighted by Gasteiger charge is 2.02. The third-order valence-electron chi connectivity index (χ3n) is 4.09. The number of aliphatic imine (C=N–C) groups is 1. The van der Waals surface area contributed by atoms with Gasteiger partial charge in [0.2, 0.25) is 0 Å². The van der Waals surface area contributed by atoms with E-state index in [1.165, 1.54) is 5.56 Å². The van der Waals surface area contributed by atoms with Gasteiger partial charge in [0.05, 0.1) is 11.0 Å². The molecule has 0 aliphatic rings. The molecule has 1 aromatic heterocycles. The van der Waals surface area contributed by atoms with Gasteiger partial charge in [-0.05, 0) is 30.5 Å². The molecule has 0 amide bonds. The first-order valence-electron chi connectivity index (χ1n) is 8.77. The monoisotopic (exact) mass is 335 g/mol. The Balaban J connectivity index is 1.37. The highest BCUT2D eigenvalue weighted by Crippen LogP contribution is 2.10. The summed E-state index contributed by atoms with van der Waals surface area (Å²) in [4.78, 5) is 12.2. The van der Waals surface area contributed by atoms with E-state index in [1.54, 1.807) is 7.05 Å². The predicted octanol–water partition coefficient (Wildman–Crippen LogP) is 2.90. The molecule has 2 aromatic carbocycles. The van der Waals surface area contributed by atoms with E-state index in [-0.39, 0.29) is 0 Å². The molecule has 25 heavy (non-hydrogen) atoms. The summed E-state index contributed by atoms with van der Waals surface area (Å²) in [5.41, 5.74) is 3.47. The molecule has 1 heterocycles. The Hall–Kier alpha value is -2.82. The third kappa shape index (κ3) is 5.08. The maximum Gasteiger partial charge on any atom is 0.190 e. The van der Waals surface area contributed by atoms with Gasteiger partial charge in [-0.2, -0.15) is 0 Å². The summed E-state index contributed by atoms with van der Waals surface area (Å²) in [7, 11) is 1.80. The van der Waals surface area contributed by atoms with Crippen LogP contribution >= 0.6 is 0 Å². The van der Waals surface area contributed by atoms with Crippen molar-refractivity contribution in [3.63, 3.8) is 0 Å². The zero-order valence-corrected chi connectivity index (χ0v) is 14.6. The Bertz CT molecular complexity index is 774. The Morgan fingerprint density at radius 3 is 2.52 bits per heavy atom. The van der Waals surface area contributed by atoms with E-state index in [2.05, 4.69) is 55.9 Å². The fourth-order valence-corrected chi connectivity index (χ4v) is 2.79. The summed E-state index contributed by atoms with van der Waals surface area (Å²) < 4.78 is 0. The van der Waals surface area contributed by atoms with Gasteiger partial charge in [0.25, 0.3) is 0 Å². The average Bonchev–Trinajstić information content (AvgIpc) is 3.07. The fraction of sp³-hybridized carbons (Fsp3) is 0.300. The second kappa shape index (κ2) is 8.87. The topological polar surface area (TPSA) is 65.1 Å². The van der Waals surface area contributed by atoms with Crippen LogP contribution < -0.4 is 10.6 Å². The molecule has 0 fully saturated rings. The van der Waals surface area contributed by atoms with E-state index < -0.39 is 0 Å². The SMILES string of the molecule is CN=C(NCCCc1ccccc1)NCCc1nc2ccccc2[nH]1. The van der Waals surface area contributed by atoms with Crippen LogP contribution in [-0.2, 0) is 12.8 Å². The largest absolute Gasteiger partial charge is 0.356 e. The van der Waals surface area contributed by atoms with E-state index in [0.29, 0.717) is 0 Å². The molecular weight excluding hydrogens is 310 g/mol. The number of H-pyrrole nitrogens is 1. The predicted molar refractivity (Wildman–Crippen MR) is 104 cm³/mol. The van der Waals surface area contributed by atoms with Crippen molar-refractivity contribution in [2.45, 2.75) is 19.3 Å². The minimum absolute atomic E-state index is 0.790. The van der Waals surface area contributed by atoms with Crippen LogP contribution in [0.5, 0.6) is 0 Å². The van der Waals surface area contributed by atoms with Gasteiger partial charge in [0.1, 0.15) is 5.82 Å². The molecular formula is C20H25N5. The van der Waals surface area contributed by atoms with Gasteiger partial charge in [-0.15, -0.1) is 0 Å². The standard InChI is InChI=1S/C20H25N5/c1-21-20(22-14-7-10-16-8-3-2-4-9-16)23-15-13-19-24-17-11-5-6-12-18(17)25-19/h2-6,8-9,11-12H,7,10,13-15H2,1H3,(H,24,25)(H2,21,22,23). The lowest BCUT2D eigenvalue weighted by molar-refractivity contribution is 0.734. The minimum atomic E-state index is 0.790. The van der Waals surface area contributed by atoms with E-state index >= 15 is 0 Å². The smallest absolute Gasteiger partial charge is 0.190 e. The fourth-order valence-electron chi connectivity index (χ4n) is 2.79. The summed E-state index contributed by atoms with van der Waals surface area (Å²) in [5, 5.41) is 6.70. The lowest BCUT2D eigenvalue weighted by atomic mass is 10.1. The zero-order valence-electron chi connectivity index (χ0n) is 14.6. The van der Waals surface area contributed by atoms with Crippen molar-refractivity contribution < 1.29 is 0 Å². The molecule has 5 heteroatoms. The first-order chi connectivity index (χ1) is 12.3. The van der Waals surface area contributed by atoms with Gasteiger partial charge < -0.3 is 15.6 Å². The van der Waals surface area contributed by atoms with Crippen LogP contribution in [0, 0.1) is 0 Å². The van der Waals surface area contributed by atoms with Crippen LogP contribution in [-0.4, -0.2) is 36.1 Å². The highest BCUT2D eigenvalue weighted by molar-refractivity contribution is 5.79. The number of benzene rings is 2. The first kappa shape index (κ1) is 17.0. The Morgan fingerprint density at radius 2 is 1.72 bits per heavy atom. The number of imidazole rings is 1. The normalized spacial score (nSPS) is 11.6. The Morgan fingerprint density at radius 1 is 0.960 bits per heavy atom. The quantitative estimate of drug-likeness (QED) is 0.353. The van der Waals surface area contributed by atoms with Gasteiger partial charge >= 0.3 is 0 Å². The number of aromatic nitrogens is 2. The summed E-state index contributed by atoms with van der Waals surface area (Å²) in [6.45, 7) is 1.69. The Labute approximate surface area is 148 Å². The molecule has 0 spiro atoms. The molecule has 0 bridgehead atoms. The molecule has 3 rings (SSSR count). The van der Waals surface area contributed by atoms with Crippen LogP contribution in [0.3, 0.4) is 0 Å². The number of hydrogen-bond acceptors (Lipinski definition) is 2. The Kier molecular flexibility index (Phi) is 6.04. The molecule has 0 aliphatic carbocycles. The third-order valence-corrected chi connectivity index (χ3v) is 4.09. The van der Waals surface area contributed by atoms with Crippen molar-refractivity contribution in [2.24, 2.45) is 4.99 Å². The van der Waals surface area contributed by atoms with Gasteiger partial charge in [0, 0.05) is 26.6 Å². The molecule has 0 saturated carbocycles. The van der Waals surface area contributed by atoms with Crippen molar-refractivity contribution in [3.8, 4) is 0 Å². The molecule has 0 saturated heterocycles. The number of hydrogen-bond donors (Lipinski definition) is 3. The van der Waals surface area contributed by atoms with E-state index in [9.17, 15) is 0 Å². The highest BCUT2D eigenvalue weighted by atomic mass is 15.2. The summed E-state index contributed by atoms with van der Waals surface area (Å²) in [5.74, 6) is 1.83. The minimum Gasteiger partial charge on any atom is -0.356 e. The van der Waals surface area contributed by atoms with Crippen molar-refractivity contribution in [3.05, 3.63) is 66.0 Å². The number of rotatable bonds is 7. The lowest BCUT2D eigenvalue weighted by Crippen LogP contribution is -2.38. The van der Waals surface area contributed by atoms with E-state index in [4.69, 9.17) is 0 Å². The van der Waals surface area contributed by atoms with Crippen molar-refractivity contribution in [1.29, 1.82) is 0 Å². The van der Waals surface area contributed by atoms with E-state index in [1.807, 2.05) is 24.3 Å². The molecule has 3 N–H and O–H groups in total. The number of nitrogens with zero attached hydrogens (tertiary/aromatic N) is 2. The molecule has 3 aromatic rings. The number of nitrogens with one attached hydrogen (secondary N) is 3. The summed E-state index contributed by atoms with van der Waals surface area (Å²) >= 11 is 0. The first-order valence-corrected chi connectivity index (χ1v) is 8.77.